The van der Waals surface area contributed by atoms with Gasteiger partial charge in [-0.05, 0) is 46.8 Å². The number of rotatable bonds is 7. The minimum atomic E-state index is -0.424. The second-order valence-corrected chi connectivity index (χ2v) is 6.42. The second-order valence-electron chi connectivity index (χ2n) is 5.48. The van der Waals surface area contributed by atoms with Crippen LogP contribution in [0.2, 0.25) is 0 Å². The van der Waals surface area contributed by atoms with Crippen molar-refractivity contribution >= 4 is 29.3 Å². The number of carbonyl (C=O) groups is 2. The number of thioether (sulfide) groups is 1. The zero-order valence-corrected chi connectivity index (χ0v) is 16.0. The first-order chi connectivity index (χ1) is 13.6. The van der Waals surface area contributed by atoms with Gasteiger partial charge in [0.1, 0.15) is 5.75 Å². The lowest BCUT2D eigenvalue weighted by Crippen LogP contribution is -2.14. The van der Waals surface area contributed by atoms with Gasteiger partial charge in [-0.15, -0.1) is 5.10 Å². The van der Waals surface area contributed by atoms with Gasteiger partial charge in [0.25, 0.3) is 0 Å². The maximum Gasteiger partial charge on any atom is 0.337 e. The highest BCUT2D eigenvalue weighted by Crippen LogP contribution is 2.20. The molecule has 0 unspecified atom stereocenters. The number of hydrogen-bond donors (Lipinski definition) is 1. The van der Waals surface area contributed by atoms with Gasteiger partial charge in [-0.25, -0.2) is 4.79 Å². The van der Waals surface area contributed by atoms with E-state index in [1.54, 1.807) is 55.6 Å². The average Bonchev–Trinajstić information content (AvgIpc) is 3.20. The van der Waals surface area contributed by atoms with Crippen LogP contribution in [0, 0.1) is 0 Å². The Balaban J connectivity index is 1.64. The summed E-state index contributed by atoms with van der Waals surface area (Å²) in [5.74, 6) is 0.156. The van der Waals surface area contributed by atoms with Gasteiger partial charge >= 0.3 is 5.97 Å². The van der Waals surface area contributed by atoms with E-state index < -0.39 is 5.97 Å². The third-order valence-corrected chi connectivity index (χ3v) is 4.58. The van der Waals surface area contributed by atoms with Crippen molar-refractivity contribution in [3.63, 3.8) is 0 Å². The Morgan fingerprint density at radius 2 is 1.93 bits per heavy atom. The number of ether oxygens (including phenoxy) is 2. The van der Waals surface area contributed by atoms with Crippen LogP contribution in [0.4, 0.5) is 5.69 Å². The monoisotopic (exact) mass is 399 g/mol. The molecule has 1 heterocycles. The normalized spacial score (nSPS) is 10.4. The van der Waals surface area contributed by atoms with Crippen LogP contribution in [0.5, 0.6) is 5.75 Å². The van der Waals surface area contributed by atoms with Crippen molar-refractivity contribution < 1.29 is 19.1 Å². The minimum Gasteiger partial charge on any atom is -0.497 e. The molecular weight excluding hydrogens is 382 g/mol. The van der Waals surface area contributed by atoms with Gasteiger partial charge in [0.2, 0.25) is 11.1 Å². The fourth-order valence-corrected chi connectivity index (χ4v) is 3.01. The Kier molecular flexibility index (Phi) is 6.22. The summed E-state index contributed by atoms with van der Waals surface area (Å²) in [5.41, 5.74) is 1.72. The molecule has 3 rings (SSSR count). The molecule has 0 saturated heterocycles. The van der Waals surface area contributed by atoms with Crippen LogP contribution >= 0.6 is 11.8 Å². The van der Waals surface area contributed by atoms with Gasteiger partial charge in [-0.2, -0.15) is 4.68 Å². The smallest absolute Gasteiger partial charge is 0.337 e. The van der Waals surface area contributed by atoms with Crippen LogP contribution in [0.3, 0.4) is 0 Å². The zero-order valence-electron chi connectivity index (χ0n) is 15.2. The summed E-state index contributed by atoms with van der Waals surface area (Å²) in [7, 11) is 2.89. The van der Waals surface area contributed by atoms with Gasteiger partial charge < -0.3 is 14.8 Å². The Morgan fingerprint density at radius 3 is 2.64 bits per heavy atom. The lowest BCUT2D eigenvalue weighted by molar-refractivity contribution is -0.113. The van der Waals surface area contributed by atoms with Gasteiger partial charge in [0, 0.05) is 11.8 Å². The van der Waals surface area contributed by atoms with E-state index in [1.165, 1.54) is 23.6 Å². The fraction of sp³-hybridized carbons (Fsp3) is 0.167. The first kappa shape index (κ1) is 19.4. The third-order valence-electron chi connectivity index (χ3n) is 3.66. The highest BCUT2D eigenvalue weighted by Gasteiger charge is 2.13. The van der Waals surface area contributed by atoms with Gasteiger partial charge in [0.05, 0.1) is 31.2 Å². The Bertz CT molecular complexity index is 974. The van der Waals surface area contributed by atoms with Crippen molar-refractivity contribution in [1.29, 1.82) is 0 Å². The molecule has 0 atom stereocenters. The number of carbonyl (C=O) groups excluding carboxylic acids is 2. The molecule has 0 spiro atoms. The van der Waals surface area contributed by atoms with Gasteiger partial charge in [-0.1, -0.05) is 17.8 Å². The van der Waals surface area contributed by atoms with Crippen LogP contribution in [0.1, 0.15) is 10.4 Å². The molecule has 28 heavy (non-hydrogen) atoms. The maximum absolute atomic E-state index is 12.2. The molecule has 1 aromatic heterocycles. The summed E-state index contributed by atoms with van der Waals surface area (Å²) in [5, 5.41) is 14.8. The maximum atomic E-state index is 12.2. The van der Waals surface area contributed by atoms with Gasteiger partial charge in [-0.3, -0.25) is 4.79 Å². The highest BCUT2D eigenvalue weighted by molar-refractivity contribution is 7.99. The van der Waals surface area contributed by atoms with E-state index in [4.69, 9.17) is 4.74 Å². The van der Waals surface area contributed by atoms with Crippen molar-refractivity contribution in [1.82, 2.24) is 20.2 Å². The number of methoxy groups -OCH3 is 2. The summed E-state index contributed by atoms with van der Waals surface area (Å²) < 4.78 is 11.3. The van der Waals surface area contributed by atoms with Crippen LogP contribution in [-0.4, -0.2) is 52.1 Å². The Hall–Kier alpha value is -3.40. The third kappa shape index (κ3) is 4.65. The zero-order chi connectivity index (χ0) is 19.9. The molecule has 2 aromatic carbocycles. The molecule has 0 bridgehead atoms. The standard InChI is InChI=1S/C18H17N5O4S/c1-26-15-5-3-4-13(10-15)19-16(24)11-28-18-20-21-22-23(18)14-8-6-12(7-9-14)17(25)27-2/h3-10H,11H2,1-2H3,(H,19,24). The van der Waals surface area contributed by atoms with Crippen LogP contribution in [-0.2, 0) is 9.53 Å². The van der Waals surface area contributed by atoms with Crippen molar-refractivity contribution in [3.8, 4) is 11.4 Å². The van der Waals surface area contributed by atoms with E-state index in [0.717, 1.165) is 0 Å². The topological polar surface area (TPSA) is 108 Å². The summed E-state index contributed by atoms with van der Waals surface area (Å²) in [6.45, 7) is 0. The predicted octanol–water partition coefficient (Wildman–Crippen LogP) is 2.19. The molecule has 1 N–H and O–H groups in total. The molecule has 0 radical (unpaired) electrons. The number of esters is 1. The number of nitrogens with zero attached hydrogens (tertiary/aromatic N) is 4. The fourth-order valence-electron chi connectivity index (χ4n) is 2.32. The first-order valence-electron chi connectivity index (χ1n) is 8.14. The van der Waals surface area contributed by atoms with E-state index in [-0.39, 0.29) is 11.7 Å². The Morgan fingerprint density at radius 1 is 1.14 bits per heavy atom. The molecule has 3 aromatic rings. The van der Waals surface area contributed by atoms with E-state index >= 15 is 0 Å². The quantitative estimate of drug-likeness (QED) is 0.476. The van der Waals surface area contributed by atoms with Crippen molar-refractivity contribution in [2.75, 3.05) is 25.3 Å². The van der Waals surface area contributed by atoms with Crippen molar-refractivity contribution in [3.05, 3.63) is 54.1 Å². The number of anilines is 1. The number of amides is 1. The number of hydrogen-bond acceptors (Lipinski definition) is 8. The van der Waals surface area contributed by atoms with Crippen LogP contribution in [0.15, 0.2) is 53.7 Å². The van der Waals surface area contributed by atoms with Crippen molar-refractivity contribution in [2.24, 2.45) is 0 Å². The minimum absolute atomic E-state index is 0.123. The largest absolute Gasteiger partial charge is 0.497 e. The summed E-state index contributed by atoms with van der Waals surface area (Å²) in [4.78, 5) is 23.7. The molecule has 1 amide bonds. The second kappa shape index (κ2) is 9.00. The highest BCUT2D eigenvalue weighted by atomic mass is 32.2. The lowest BCUT2D eigenvalue weighted by Gasteiger charge is -2.07. The summed E-state index contributed by atoms with van der Waals surface area (Å²) in [6.07, 6.45) is 0. The summed E-state index contributed by atoms with van der Waals surface area (Å²) in [6, 6.07) is 13.7. The first-order valence-corrected chi connectivity index (χ1v) is 9.13. The molecule has 10 heteroatoms. The number of nitrogens with one attached hydrogen (secondary N) is 1. The number of tetrazole rings is 1. The predicted molar refractivity (Wildman–Crippen MR) is 103 cm³/mol. The van der Waals surface area contributed by atoms with E-state index in [9.17, 15) is 9.59 Å². The summed E-state index contributed by atoms with van der Waals surface area (Å²) >= 11 is 1.19. The molecule has 0 aliphatic heterocycles. The number of aromatic nitrogens is 4. The number of benzene rings is 2. The average molecular weight is 399 g/mol. The Labute approximate surface area is 165 Å². The molecule has 0 aliphatic rings. The SMILES string of the molecule is COC(=O)c1ccc(-n2nnnc2SCC(=O)Nc2cccc(OC)c2)cc1. The van der Waals surface area contributed by atoms with E-state index in [2.05, 4.69) is 25.6 Å². The van der Waals surface area contributed by atoms with E-state index in [0.29, 0.717) is 27.8 Å². The van der Waals surface area contributed by atoms with Gasteiger partial charge in [0.15, 0.2) is 0 Å². The molecule has 0 aliphatic carbocycles. The molecule has 0 saturated carbocycles. The molecular formula is C18H17N5O4S. The van der Waals surface area contributed by atoms with Crippen LogP contribution < -0.4 is 10.1 Å². The molecule has 144 valence electrons. The lowest BCUT2D eigenvalue weighted by atomic mass is 10.2. The van der Waals surface area contributed by atoms with Crippen molar-refractivity contribution in [2.45, 2.75) is 5.16 Å². The molecule has 9 nitrogen and oxygen atoms in total. The molecule has 0 fully saturated rings. The van der Waals surface area contributed by atoms with E-state index in [1.807, 2.05) is 0 Å². The van der Waals surface area contributed by atoms with Crippen LogP contribution in [0.25, 0.3) is 5.69 Å².